The van der Waals surface area contributed by atoms with Crippen molar-refractivity contribution in [1.29, 1.82) is 0 Å². The van der Waals surface area contributed by atoms with E-state index in [0.29, 0.717) is 17.9 Å². The predicted molar refractivity (Wildman–Crippen MR) is 71.9 cm³/mol. The van der Waals surface area contributed by atoms with E-state index in [-0.39, 0.29) is 5.91 Å². The fraction of sp³-hybridized carbons (Fsp3) is 0.929. The lowest BCUT2D eigenvalue weighted by Gasteiger charge is -2.37. The van der Waals surface area contributed by atoms with Gasteiger partial charge in [0.2, 0.25) is 5.91 Å². The van der Waals surface area contributed by atoms with Gasteiger partial charge in [-0.1, -0.05) is 26.7 Å². The molecule has 0 aromatic heterocycles. The molecule has 1 amide bonds. The monoisotopic (exact) mass is 240 g/mol. The van der Waals surface area contributed by atoms with Crippen molar-refractivity contribution < 1.29 is 4.79 Å². The van der Waals surface area contributed by atoms with E-state index in [1.165, 1.54) is 19.3 Å². The minimum absolute atomic E-state index is 0.123. The zero-order valence-electron chi connectivity index (χ0n) is 12.0. The number of nitrogens with one attached hydrogen (secondary N) is 2. The van der Waals surface area contributed by atoms with Crippen LogP contribution in [0.15, 0.2) is 0 Å². The van der Waals surface area contributed by atoms with E-state index in [1.54, 1.807) is 0 Å². The van der Waals surface area contributed by atoms with Crippen LogP contribution < -0.4 is 10.6 Å². The average molecular weight is 240 g/mol. The number of hydrogen-bond acceptors (Lipinski definition) is 2. The van der Waals surface area contributed by atoms with E-state index >= 15 is 0 Å². The summed E-state index contributed by atoms with van der Waals surface area (Å²) < 4.78 is 0. The second-order valence-electron chi connectivity index (χ2n) is 6.15. The van der Waals surface area contributed by atoms with Crippen LogP contribution >= 0.6 is 0 Å². The number of carbonyl (C=O) groups is 1. The minimum atomic E-state index is -0.473. The van der Waals surface area contributed by atoms with Crippen molar-refractivity contribution >= 4 is 5.91 Å². The van der Waals surface area contributed by atoms with E-state index in [2.05, 4.69) is 24.5 Å². The predicted octanol–water partition coefficient (Wildman–Crippen LogP) is 2.32. The number of rotatable bonds is 4. The standard InChI is InChI=1S/C14H28N2O/c1-10(2)11-8-6-7-9-12(11)16-13(17)14(3,4)15-5/h10-12,15H,6-9H2,1-5H3,(H,16,17). The van der Waals surface area contributed by atoms with Crippen LogP contribution in [0.5, 0.6) is 0 Å². The molecule has 0 radical (unpaired) electrons. The van der Waals surface area contributed by atoms with Crippen LogP contribution in [-0.2, 0) is 4.79 Å². The molecule has 0 aliphatic heterocycles. The van der Waals surface area contributed by atoms with Crippen molar-refractivity contribution in [2.75, 3.05) is 7.05 Å². The molecule has 1 rings (SSSR count). The molecule has 3 nitrogen and oxygen atoms in total. The summed E-state index contributed by atoms with van der Waals surface area (Å²) in [5.74, 6) is 1.41. The maximum absolute atomic E-state index is 12.2. The Hall–Kier alpha value is -0.570. The van der Waals surface area contributed by atoms with Crippen molar-refractivity contribution in [2.45, 2.75) is 65.0 Å². The molecule has 0 heterocycles. The van der Waals surface area contributed by atoms with Crippen LogP contribution in [-0.4, -0.2) is 24.5 Å². The van der Waals surface area contributed by atoms with Crippen LogP contribution in [0.2, 0.25) is 0 Å². The average Bonchev–Trinajstić information content (AvgIpc) is 2.29. The van der Waals surface area contributed by atoms with E-state index in [0.717, 1.165) is 6.42 Å². The molecule has 0 saturated heterocycles. The quantitative estimate of drug-likeness (QED) is 0.792. The van der Waals surface area contributed by atoms with Crippen LogP contribution in [0.3, 0.4) is 0 Å². The highest BCUT2D eigenvalue weighted by atomic mass is 16.2. The van der Waals surface area contributed by atoms with E-state index < -0.39 is 5.54 Å². The highest BCUT2D eigenvalue weighted by Crippen LogP contribution is 2.30. The molecule has 1 fully saturated rings. The van der Waals surface area contributed by atoms with Crippen LogP contribution in [0.4, 0.5) is 0 Å². The first-order valence-corrected chi connectivity index (χ1v) is 6.88. The zero-order chi connectivity index (χ0) is 13.1. The highest BCUT2D eigenvalue weighted by molar-refractivity contribution is 5.85. The third-order valence-corrected chi connectivity index (χ3v) is 4.18. The summed E-state index contributed by atoms with van der Waals surface area (Å²) >= 11 is 0. The van der Waals surface area contributed by atoms with Gasteiger partial charge in [-0.15, -0.1) is 0 Å². The summed E-state index contributed by atoms with van der Waals surface area (Å²) in [5.41, 5.74) is -0.473. The van der Waals surface area contributed by atoms with Gasteiger partial charge in [0.25, 0.3) is 0 Å². The SMILES string of the molecule is CNC(C)(C)C(=O)NC1CCCCC1C(C)C. The van der Waals surface area contributed by atoms with Gasteiger partial charge < -0.3 is 10.6 Å². The molecule has 1 saturated carbocycles. The van der Waals surface area contributed by atoms with Crippen LogP contribution in [0.1, 0.15) is 53.4 Å². The summed E-state index contributed by atoms with van der Waals surface area (Å²) in [6.07, 6.45) is 4.94. The van der Waals surface area contributed by atoms with Gasteiger partial charge in [-0.05, 0) is 45.6 Å². The van der Waals surface area contributed by atoms with E-state index in [4.69, 9.17) is 0 Å². The lowest BCUT2D eigenvalue weighted by molar-refractivity contribution is -0.127. The number of hydrogen-bond donors (Lipinski definition) is 2. The summed E-state index contributed by atoms with van der Waals surface area (Å²) in [6.45, 7) is 8.38. The van der Waals surface area contributed by atoms with Gasteiger partial charge in [0, 0.05) is 6.04 Å². The van der Waals surface area contributed by atoms with Gasteiger partial charge in [-0.25, -0.2) is 0 Å². The van der Waals surface area contributed by atoms with Gasteiger partial charge >= 0.3 is 0 Å². The van der Waals surface area contributed by atoms with Gasteiger partial charge in [0.15, 0.2) is 0 Å². The fourth-order valence-corrected chi connectivity index (χ4v) is 2.60. The van der Waals surface area contributed by atoms with Gasteiger partial charge in [-0.2, -0.15) is 0 Å². The van der Waals surface area contributed by atoms with Crippen molar-refractivity contribution in [1.82, 2.24) is 10.6 Å². The minimum Gasteiger partial charge on any atom is -0.351 e. The molecule has 3 heteroatoms. The number of likely N-dealkylation sites (N-methyl/N-ethyl adjacent to an activating group) is 1. The molecule has 0 aromatic carbocycles. The van der Waals surface area contributed by atoms with Crippen LogP contribution in [0, 0.1) is 11.8 Å². The van der Waals surface area contributed by atoms with Gasteiger partial charge in [-0.3, -0.25) is 4.79 Å². The molecule has 1 aliphatic carbocycles. The first-order chi connectivity index (χ1) is 7.88. The first-order valence-electron chi connectivity index (χ1n) is 6.88. The molecule has 2 unspecified atom stereocenters. The summed E-state index contributed by atoms with van der Waals surface area (Å²) in [4.78, 5) is 12.2. The molecule has 0 aromatic rings. The first kappa shape index (κ1) is 14.5. The highest BCUT2D eigenvalue weighted by Gasteiger charge is 2.32. The molecule has 2 N–H and O–H groups in total. The molecule has 2 atom stereocenters. The Kier molecular flexibility index (Phi) is 4.99. The summed E-state index contributed by atoms with van der Waals surface area (Å²) in [7, 11) is 1.83. The number of amides is 1. The maximum Gasteiger partial charge on any atom is 0.239 e. The smallest absolute Gasteiger partial charge is 0.239 e. The third-order valence-electron chi connectivity index (χ3n) is 4.18. The Labute approximate surface area is 106 Å². The summed E-state index contributed by atoms with van der Waals surface area (Å²) in [5, 5.41) is 6.30. The molecule has 100 valence electrons. The molecule has 1 aliphatic rings. The Morgan fingerprint density at radius 1 is 1.24 bits per heavy atom. The van der Waals surface area contributed by atoms with Crippen molar-refractivity contribution in [3.05, 3.63) is 0 Å². The van der Waals surface area contributed by atoms with Crippen molar-refractivity contribution in [2.24, 2.45) is 11.8 Å². The van der Waals surface area contributed by atoms with Gasteiger partial charge in [0.1, 0.15) is 0 Å². The Bertz CT molecular complexity index is 261. The summed E-state index contributed by atoms with van der Waals surface area (Å²) in [6, 6.07) is 0.365. The Morgan fingerprint density at radius 3 is 2.35 bits per heavy atom. The number of carbonyl (C=O) groups excluding carboxylic acids is 1. The van der Waals surface area contributed by atoms with Gasteiger partial charge in [0.05, 0.1) is 5.54 Å². The lowest BCUT2D eigenvalue weighted by atomic mass is 9.77. The largest absolute Gasteiger partial charge is 0.351 e. The topological polar surface area (TPSA) is 41.1 Å². The van der Waals surface area contributed by atoms with E-state index in [9.17, 15) is 4.79 Å². The molecular weight excluding hydrogens is 212 g/mol. The zero-order valence-corrected chi connectivity index (χ0v) is 12.0. The molecule has 0 spiro atoms. The fourth-order valence-electron chi connectivity index (χ4n) is 2.60. The normalized spacial score (nSPS) is 26.0. The van der Waals surface area contributed by atoms with Crippen molar-refractivity contribution in [3.63, 3.8) is 0 Å². The third kappa shape index (κ3) is 3.70. The van der Waals surface area contributed by atoms with Crippen LogP contribution in [0.25, 0.3) is 0 Å². The second-order valence-corrected chi connectivity index (χ2v) is 6.15. The second kappa shape index (κ2) is 5.85. The Balaban J connectivity index is 2.62. The molecule has 17 heavy (non-hydrogen) atoms. The molecular formula is C14H28N2O. The molecule has 0 bridgehead atoms. The Morgan fingerprint density at radius 2 is 1.82 bits per heavy atom. The van der Waals surface area contributed by atoms with E-state index in [1.807, 2.05) is 20.9 Å². The van der Waals surface area contributed by atoms with Crippen molar-refractivity contribution in [3.8, 4) is 0 Å². The lowest BCUT2D eigenvalue weighted by Crippen LogP contribution is -2.56. The maximum atomic E-state index is 12.2.